The molecule has 1 atom stereocenters. The number of benzene rings is 4. The summed E-state index contributed by atoms with van der Waals surface area (Å²) in [7, 11) is 0. The van der Waals surface area contributed by atoms with Crippen molar-refractivity contribution in [1.29, 1.82) is 0 Å². The summed E-state index contributed by atoms with van der Waals surface area (Å²) in [6.45, 7) is 2.42. The van der Waals surface area contributed by atoms with Crippen LogP contribution < -0.4 is 4.90 Å². The highest BCUT2D eigenvalue weighted by Crippen LogP contribution is 2.61. The number of hydrogen-bond donors (Lipinski definition) is 0. The second-order valence-electron chi connectivity index (χ2n) is 13.6. The normalized spacial score (nSPS) is 16.1. The molecule has 0 fully saturated rings. The Hall–Kier alpha value is -5.14. The molecule has 49 heavy (non-hydrogen) atoms. The molecule has 0 amide bonds. The van der Waals surface area contributed by atoms with Crippen molar-refractivity contribution >= 4 is 129 Å². The third-order valence-corrected chi connectivity index (χ3v) is 14.8. The van der Waals surface area contributed by atoms with E-state index in [1.807, 2.05) is 34.0 Å². The van der Waals surface area contributed by atoms with Crippen LogP contribution in [0.3, 0.4) is 0 Å². The fraction of sp³-hybridized carbons (Fsp3) is 0.0698. The molecule has 0 N–H and O–H groups in total. The number of rotatable bonds is 0. The molecule has 11 aromatic rings. The molecule has 4 aromatic carbocycles. The van der Waals surface area contributed by atoms with Gasteiger partial charge < -0.3 is 13.7 Å². The lowest BCUT2D eigenvalue weighted by atomic mass is 9.87. The van der Waals surface area contributed by atoms with Crippen LogP contribution in [0.1, 0.15) is 18.2 Å². The number of anilines is 1. The van der Waals surface area contributed by atoms with Crippen LogP contribution in [0.5, 0.6) is 0 Å². The lowest BCUT2D eigenvalue weighted by Crippen LogP contribution is -2.29. The Labute approximate surface area is 291 Å². The van der Waals surface area contributed by atoms with E-state index in [-0.39, 0.29) is 0 Å². The fourth-order valence-electron chi connectivity index (χ4n) is 9.35. The van der Waals surface area contributed by atoms with Gasteiger partial charge >= 0.3 is 0 Å². The number of fused-ring (bicyclic) bond motifs is 27. The van der Waals surface area contributed by atoms with Gasteiger partial charge in [0, 0.05) is 81.4 Å². The van der Waals surface area contributed by atoms with Gasteiger partial charge in [-0.25, -0.2) is 0 Å². The van der Waals surface area contributed by atoms with E-state index < -0.39 is 0 Å². The smallest absolute Gasteiger partial charge is 0.0657 e. The zero-order chi connectivity index (χ0) is 31.7. The predicted molar refractivity (Wildman–Crippen MR) is 214 cm³/mol. The monoisotopic (exact) mass is 679 g/mol. The van der Waals surface area contributed by atoms with E-state index in [1.54, 1.807) is 0 Å². The first-order chi connectivity index (χ1) is 24.3. The average Bonchev–Trinajstić information content (AvgIpc) is 3.97. The first-order valence-corrected chi connectivity index (χ1v) is 19.4. The average molecular weight is 680 g/mol. The van der Waals surface area contributed by atoms with Crippen LogP contribution in [0.25, 0.3) is 100 Å². The second kappa shape index (κ2) is 8.71. The summed E-state index contributed by atoms with van der Waals surface area (Å²) < 4.78 is 11.8. The van der Waals surface area contributed by atoms with Crippen molar-refractivity contribution in [2.24, 2.45) is 0 Å². The highest BCUT2D eigenvalue weighted by atomic mass is 32.1. The van der Waals surface area contributed by atoms with E-state index in [4.69, 9.17) is 0 Å². The van der Waals surface area contributed by atoms with Crippen molar-refractivity contribution in [2.75, 3.05) is 4.90 Å². The van der Waals surface area contributed by atoms with Crippen LogP contribution in [0.15, 0.2) is 116 Å². The van der Waals surface area contributed by atoms with Gasteiger partial charge in [0.15, 0.2) is 0 Å². The predicted octanol–water partition coefficient (Wildman–Crippen LogP) is 13.1. The van der Waals surface area contributed by atoms with Gasteiger partial charge in [-0.1, -0.05) is 60.7 Å². The molecule has 0 aliphatic carbocycles. The molecular formula is C43H25N3S3. The molecular weight excluding hydrogens is 655 g/mol. The molecule has 2 aliphatic heterocycles. The molecule has 1 unspecified atom stereocenters. The Morgan fingerprint density at radius 3 is 1.80 bits per heavy atom. The Morgan fingerprint density at radius 2 is 1.12 bits per heavy atom. The van der Waals surface area contributed by atoms with Crippen LogP contribution in [0.2, 0.25) is 0 Å². The van der Waals surface area contributed by atoms with Gasteiger partial charge in [0.25, 0.3) is 0 Å². The fourth-order valence-corrected chi connectivity index (χ4v) is 13.1. The molecule has 0 bridgehead atoms. The molecule has 7 aromatic heterocycles. The van der Waals surface area contributed by atoms with Crippen molar-refractivity contribution < 1.29 is 0 Å². The maximum Gasteiger partial charge on any atom is 0.0657 e. The van der Waals surface area contributed by atoms with Gasteiger partial charge in [0.1, 0.15) is 0 Å². The number of thiophene rings is 3. The minimum Gasteiger partial charge on any atom is -0.336 e. The van der Waals surface area contributed by atoms with E-state index in [0.29, 0.717) is 6.04 Å². The van der Waals surface area contributed by atoms with Gasteiger partial charge in [-0.3, -0.25) is 0 Å². The van der Waals surface area contributed by atoms with E-state index in [2.05, 4.69) is 136 Å². The van der Waals surface area contributed by atoms with Crippen molar-refractivity contribution in [3.05, 3.63) is 120 Å². The van der Waals surface area contributed by atoms with Crippen molar-refractivity contribution in [3.8, 4) is 11.1 Å². The molecule has 0 saturated carbocycles. The molecule has 0 spiro atoms. The van der Waals surface area contributed by atoms with Gasteiger partial charge in [-0.2, -0.15) is 0 Å². The summed E-state index contributed by atoms with van der Waals surface area (Å²) in [5.41, 5.74) is 10.7. The van der Waals surface area contributed by atoms with Crippen molar-refractivity contribution in [1.82, 2.24) is 8.80 Å². The number of aromatic nitrogens is 2. The van der Waals surface area contributed by atoms with Gasteiger partial charge in [0.05, 0.1) is 47.7 Å². The van der Waals surface area contributed by atoms with Gasteiger partial charge in [0.2, 0.25) is 0 Å². The third kappa shape index (κ3) is 2.91. The third-order valence-electron chi connectivity index (χ3n) is 11.2. The first kappa shape index (κ1) is 25.8. The van der Waals surface area contributed by atoms with Crippen molar-refractivity contribution in [3.63, 3.8) is 0 Å². The summed E-state index contributed by atoms with van der Waals surface area (Å²) >= 11 is 5.83. The molecule has 2 aliphatic rings. The Bertz CT molecular complexity index is 3340. The SMILES string of the molecule is CC1CC=C2c3sc4ccccc4c3-c3c(c4c5c6ccccc6sc5c5cccn5c4c4c5c6ccccc6sc5c5cccn5c34)N21. The van der Waals surface area contributed by atoms with Gasteiger partial charge in [-0.15, -0.1) is 34.0 Å². The van der Waals surface area contributed by atoms with Crippen LogP contribution >= 0.6 is 34.0 Å². The highest BCUT2D eigenvalue weighted by molar-refractivity contribution is 7.27. The minimum absolute atomic E-state index is 0.346. The van der Waals surface area contributed by atoms with Crippen LogP contribution in [0, 0.1) is 0 Å². The van der Waals surface area contributed by atoms with E-state index in [0.717, 1.165) is 6.42 Å². The summed E-state index contributed by atoms with van der Waals surface area (Å²) in [4.78, 5) is 4.13. The van der Waals surface area contributed by atoms with E-state index in [1.165, 1.54) is 111 Å². The topological polar surface area (TPSA) is 12.1 Å². The maximum atomic E-state index is 2.72. The zero-order valence-electron chi connectivity index (χ0n) is 26.3. The Kier molecular flexibility index (Phi) is 4.59. The highest BCUT2D eigenvalue weighted by Gasteiger charge is 2.40. The van der Waals surface area contributed by atoms with Gasteiger partial charge in [-0.05, 0) is 55.8 Å². The standard InChI is InChI=1S/C43H25N3S3/c1-22-18-19-28-43-34(25-12-4-7-17-31(25)49-43)37-39-35(32-23-10-2-5-15-29(23)47-41(32)26-13-8-20-44(26)39)38-36(40(37)46(22)28)33-24-11-3-6-16-30(24)48-42(33)27-14-9-21-45(27)38/h2-17,19-22H,18H2,1H3. The van der Waals surface area contributed by atoms with E-state index in [9.17, 15) is 0 Å². The Balaban J connectivity index is 1.47. The number of nitrogens with zero attached hydrogens (tertiary/aromatic N) is 3. The quantitative estimate of drug-likeness (QED) is 0.145. The summed E-state index contributed by atoms with van der Waals surface area (Å²) in [5.74, 6) is 0. The molecule has 6 heteroatoms. The molecule has 3 nitrogen and oxygen atoms in total. The molecule has 0 radical (unpaired) electrons. The molecule has 13 rings (SSSR count). The first-order valence-electron chi connectivity index (χ1n) is 16.9. The van der Waals surface area contributed by atoms with E-state index >= 15 is 0 Å². The van der Waals surface area contributed by atoms with Crippen molar-refractivity contribution in [2.45, 2.75) is 19.4 Å². The molecule has 9 heterocycles. The van der Waals surface area contributed by atoms with Crippen LogP contribution in [-0.4, -0.2) is 14.8 Å². The summed E-state index contributed by atoms with van der Waals surface area (Å²) in [6, 6.07) is 36.7. The maximum absolute atomic E-state index is 2.72. The summed E-state index contributed by atoms with van der Waals surface area (Å²) in [6.07, 6.45) is 8.17. The molecule has 230 valence electrons. The van der Waals surface area contributed by atoms with Crippen LogP contribution in [0.4, 0.5) is 5.69 Å². The summed E-state index contributed by atoms with van der Waals surface area (Å²) in [5, 5.41) is 9.54. The number of hydrogen-bond acceptors (Lipinski definition) is 4. The second-order valence-corrected chi connectivity index (χ2v) is 16.8. The Morgan fingerprint density at radius 1 is 0.551 bits per heavy atom. The van der Waals surface area contributed by atoms with Crippen LogP contribution in [-0.2, 0) is 0 Å². The number of pyridine rings is 2. The molecule has 0 saturated heterocycles. The lowest BCUT2D eigenvalue weighted by Gasteiger charge is -2.36. The zero-order valence-corrected chi connectivity index (χ0v) is 28.8. The lowest BCUT2D eigenvalue weighted by molar-refractivity contribution is 0.767. The minimum atomic E-state index is 0.346. The largest absolute Gasteiger partial charge is 0.336 e.